The number of anilines is 1. The lowest BCUT2D eigenvalue weighted by atomic mass is 10.2. The maximum absolute atomic E-state index is 6.02. The molecule has 0 atom stereocenters. The molecular weight excluding hydrogens is 347 g/mol. The summed E-state index contributed by atoms with van der Waals surface area (Å²) in [5, 5.41) is 4.89. The van der Waals surface area contributed by atoms with E-state index >= 15 is 0 Å². The zero-order valence-electron chi connectivity index (χ0n) is 8.90. The molecule has 1 N–H and O–H groups in total. The van der Waals surface area contributed by atoms with Gasteiger partial charge in [-0.05, 0) is 52.4 Å². The Labute approximate surface area is 119 Å². The van der Waals surface area contributed by atoms with Crippen LogP contribution in [0.5, 0.6) is 0 Å². The van der Waals surface area contributed by atoms with E-state index in [-0.39, 0.29) is 0 Å². The monoisotopic (exact) mass is 356 g/mol. The Bertz CT molecular complexity index is 526. The molecule has 0 saturated heterocycles. The van der Waals surface area contributed by atoms with Crippen molar-refractivity contribution in [2.75, 3.05) is 5.43 Å². The molecule has 2 rings (SSSR count). The van der Waals surface area contributed by atoms with Gasteiger partial charge in [-0.25, -0.2) is 0 Å². The average Bonchev–Trinajstić information content (AvgIpc) is 2.35. The second-order valence-corrected chi connectivity index (χ2v) is 4.98. The van der Waals surface area contributed by atoms with Gasteiger partial charge in [0, 0.05) is 3.57 Å². The maximum Gasteiger partial charge on any atom is 0.0561 e. The minimum atomic E-state index is 0.745. The fourth-order valence-corrected chi connectivity index (χ4v) is 1.81. The number of hydrazone groups is 1. The van der Waals surface area contributed by atoms with E-state index in [4.69, 9.17) is 11.6 Å². The molecule has 0 spiro atoms. The number of para-hydroxylation sites is 1. The molecule has 0 aliphatic carbocycles. The number of rotatable bonds is 3. The zero-order chi connectivity index (χ0) is 12.1. The van der Waals surface area contributed by atoms with Gasteiger partial charge >= 0.3 is 0 Å². The van der Waals surface area contributed by atoms with Crippen LogP contribution < -0.4 is 5.43 Å². The summed E-state index contributed by atoms with van der Waals surface area (Å²) in [5.41, 5.74) is 4.88. The summed E-state index contributed by atoms with van der Waals surface area (Å²) in [6, 6.07) is 15.6. The molecule has 0 heterocycles. The molecule has 0 aliphatic heterocycles. The van der Waals surface area contributed by atoms with Crippen LogP contribution in [-0.2, 0) is 0 Å². The van der Waals surface area contributed by atoms with E-state index in [0.717, 1.165) is 19.8 Å². The van der Waals surface area contributed by atoms with E-state index < -0.39 is 0 Å². The van der Waals surface area contributed by atoms with Crippen molar-refractivity contribution in [3.05, 3.63) is 62.7 Å². The number of hydrogen-bond donors (Lipinski definition) is 1. The lowest BCUT2D eigenvalue weighted by molar-refractivity contribution is 1.35. The fourth-order valence-electron chi connectivity index (χ4n) is 1.29. The Kier molecular flexibility index (Phi) is 4.39. The van der Waals surface area contributed by atoms with Gasteiger partial charge in [-0.3, -0.25) is 5.43 Å². The van der Waals surface area contributed by atoms with Crippen molar-refractivity contribution in [3.63, 3.8) is 0 Å². The van der Waals surface area contributed by atoms with Gasteiger partial charge in [0.05, 0.1) is 16.9 Å². The van der Waals surface area contributed by atoms with Crippen LogP contribution >= 0.6 is 34.2 Å². The summed E-state index contributed by atoms with van der Waals surface area (Å²) in [6.07, 6.45) is 1.74. The third-order valence-electron chi connectivity index (χ3n) is 2.12. The molecule has 0 fully saturated rings. The molecule has 86 valence electrons. The van der Waals surface area contributed by atoms with Crippen molar-refractivity contribution < 1.29 is 0 Å². The predicted molar refractivity (Wildman–Crippen MR) is 81.8 cm³/mol. The molecule has 0 saturated carbocycles. The van der Waals surface area contributed by atoms with Crippen molar-refractivity contribution in [3.8, 4) is 0 Å². The van der Waals surface area contributed by atoms with Crippen LogP contribution in [0.3, 0.4) is 0 Å². The van der Waals surface area contributed by atoms with E-state index in [1.807, 2.05) is 48.5 Å². The second kappa shape index (κ2) is 6.02. The van der Waals surface area contributed by atoms with Crippen LogP contribution in [0.4, 0.5) is 5.69 Å². The average molecular weight is 357 g/mol. The van der Waals surface area contributed by atoms with E-state index in [1.165, 1.54) is 0 Å². The van der Waals surface area contributed by atoms with Crippen LogP contribution in [0.1, 0.15) is 5.56 Å². The molecule has 0 aromatic heterocycles. The highest BCUT2D eigenvalue weighted by atomic mass is 127. The molecule has 2 aromatic carbocycles. The first-order valence-corrected chi connectivity index (χ1v) is 6.50. The Hall–Kier alpha value is -1.07. The quantitative estimate of drug-likeness (QED) is 0.492. The molecular formula is C13H10ClIN2. The van der Waals surface area contributed by atoms with Gasteiger partial charge in [0.1, 0.15) is 0 Å². The molecule has 2 nitrogen and oxygen atoms in total. The van der Waals surface area contributed by atoms with Crippen molar-refractivity contribution in [1.82, 2.24) is 0 Å². The maximum atomic E-state index is 6.02. The minimum Gasteiger partial charge on any atom is -0.279 e. The summed E-state index contributed by atoms with van der Waals surface area (Å²) < 4.78 is 1.04. The third-order valence-corrected chi connectivity index (χ3v) is 3.70. The molecule has 0 aliphatic rings. The van der Waals surface area contributed by atoms with E-state index in [0.29, 0.717) is 0 Å². The Morgan fingerprint density at radius 3 is 2.59 bits per heavy atom. The van der Waals surface area contributed by atoms with E-state index in [1.54, 1.807) is 6.21 Å². The third kappa shape index (κ3) is 3.71. The molecule has 17 heavy (non-hydrogen) atoms. The number of hydrogen-bond acceptors (Lipinski definition) is 2. The van der Waals surface area contributed by atoms with Gasteiger partial charge in [-0.15, -0.1) is 0 Å². The topological polar surface area (TPSA) is 24.4 Å². The van der Waals surface area contributed by atoms with Gasteiger partial charge in [0.2, 0.25) is 0 Å². The Balaban J connectivity index is 2.03. The number of benzene rings is 2. The molecule has 0 unspecified atom stereocenters. The first-order chi connectivity index (χ1) is 8.25. The highest BCUT2D eigenvalue weighted by Crippen LogP contribution is 2.18. The highest BCUT2D eigenvalue weighted by Gasteiger charge is 1.96. The second-order valence-electron chi connectivity index (χ2n) is 3.41. The number of nitrogens with zero attached hydrogens (tertiary/aromatic N) is 1. The molecule has 0 bridgehead atoms. The van der Waals surface area contributed by atoms with Crippen LogP contribution in [0, 0.1) is 3.57 Å². The molecule has 0 amide bonds. The highest BCUT2D eigenvalue weighted by molar-refractivity contribution is 14.1. The minimum absolute atomic E-state index is 0.745. The predicted octanol–water partition coefficient (Wildman–Crippen LogP) is 4.39. The molecule has 2 aromatic rings. The lowest BCUT2D eigenvalue weighted by Crippen LogP contribution is -1.90. The van der Waals surface area contributed by atoms with E-state index in [9.17, 15) is 0 Å². The normalized spacial score (nSPS) is 10.7. The number of nitrogens with one attached hydrogen (secondary N) is 1. The summed E-state index contributed by atoms with van der Waals surface area (Å²) in [7, 11) is 0. The molecule has 0 radical (unpaired) electrons. The standard InChI is InChI=1S/C13H10ClIN2/c14-12-8-10(6-7-13(12)15)9-16-17-11-4-2-1-3-5-11/h1-9,17H. The van der Waals surface area contributed by atoms with Crippen LogP contribution in [-0.4, -0.2) is 6.21 Å². The Morgan fingerprint density at radius 1 is 1.12 bits per heavy atom. The fraction of sp³-hybridized carbons (Fsp3) is 0. The lowest BCUT2D eigenvalue weighted by Gasteiger charge is -1.99. The largest absolute Gasteiger partial charge is 0.279 e. The van der Waals surface area contributed by atoms with Gasteiger partial charge in [-0.1, -0.05) is 35.9 Å². The summed E-state index contributed by atoms with van der Waals surface area (Å²) in [6.45, 7) is 0. The summed E-state index contributed by atoms with van der Waals surface area (Å²) in [4.78, 5) is 0. The van der Waals surface area contributed by atoms with Gasteiger partial charge in [-0.2, -0.15) is 5.10 Å². The number of halogens is 2. The van der Waals surface area contributed by atoms with Gasteiger partial charge in [0.15, 0.2) is 0 Å². The SMILES string of the molecule is Clc1cc(C=NNc2ccccc2)ccc1I. The van der Waals surface area contributed by atoms with Crippen LogP contribution in [0.25, 0.3) is 0 Å². The smallest absolute Gasteiger partial charge is 0.0561 e. The zero-order valence-corrected chi connectivity index (χ0v) is 11.8. The Morgan fingerprint density at radius 2 is 1.88 bits per heavy atom. The first kappa shape index (κ1) is 12.4. The van der Waals surface area contributed by atoms with Crippen molar-refractivity contribution in [2.45, 2.75) is 0 Å². The van der Waals surface area contributed by atoms with Gasteiger partial charge in [0.25, 0.3) is 0 Å². The van der Waals surface area contributed by atoms with Crippen molar-refractivity contribution in [2.24, 2.45) is 5.10 Å². The van der Waals surface area contributed by atoms with Gasteiger partial charge < -0.3 is 0 Å². The first-order valence-electron chi connectivity index (χ1n) is 5.05. The van der Waals surface area contributed by atoms with Crippen LogP contribution in [0.15, 0.2) is 53.6 Å². The van der Waals surface area contributed by atoms with E-state index in [2.05, 4.69) is 33.1 Å². The van der Waals surface area contributed by atoms with Crippen LogP contribution in [0.2, 0.25) is 5.02 Å². The summed E-state index contributed by atoms with van der Waals surface area (Å²) >= 11 is 8.22. The summed E-state index contributed by atoms with van der Waals surface area (Å²) in [5.74, 6) is 0. The van der Waals surface area contributed by atoms with Crippen molar-refractivity contribution in [1.29, 1.82) is 0 Å². The van der Waals surface area contributed by atoms with Crippen molar-refractivity contribution >= 4 is 46.1 Å². The molecule has 4 heteroatoms.